The molecular formula is C28H32ClN9O2. The quantitative estimate of drug-likeness (QED) is 0.0974. The van der Waals surface area contributed by atoms with Crippen molar-refractivity contribution >= 4 is 34.0 Å². The number of pyridine rings is 1. The molecule has 0 saturated heterocycles. The van der Waals surface area contributed by atoms with E-state index < -0.39 is 0 Å². The number of aliphatic imine (C=N–C) groups is 1. The van der Waals surface area contributed by atoms with Crippen LogP contribution in [0.15, 0.2) is 95.9 Å². The fourth-order valence-corrected chi connectivity index (χ4v) is 4.19. The number of nitrogens with two attached hydrogens (primary N) is 1. The van der Waals surface area contributed by atoms with Crippen molar-refractivity contribution in [2.75, 3.05) is 30.4 Å². The lowest BCUT2D eigenvalue weighted by atomic mass is 10.0. The number of benzene rings is 1. The van der Waals surface area contributed by atoms with Crippen molar-refractivity contribution in [2.45, 2.75) is 13.0 Å². The van der Waals surface area contributed by atoms with E-state index in [1.165, 1.54) is 0 Å². The number of aryl methyl sites for hydroxylation is 2. The lowest BCUT2D eigenvalue weighted by Crippen LogP contribution is -3.00. The van der Waals surface area contributed by atoms with Gasteiger partial charge < -0.3 is 38.6 Å². The first-order valence-electron chi connectivity index (χ1n) is 12.7. The second kappa shape index (κ2) is 13.0. The predicted molar refractivity (Wildman–Crippen MR) is 152 cm³/mol. The molecule has 0 atom stereocenters. The van der Waals surface area contributed by atoms with Crippen LogP contribution in [0.3, 0.4) is 0 Å². The van der Waals surface area contributed by atoms with E-state index in [1.807, 2.05) is 60.3 Å². The zero-order chi connectivity index (χ0) is 27.2. The summed E-state index contributed by atoms with van der Waals surface area (Å²) < 4.78 is 11.5. The lowest BCUT2D eigenvalue weighted by molar-refractivity contribution is -0.671. The number of hydrogen-bond donors (Lipinski definition) is 5. The minimum absolute atomic E-state index is 0. The predicted octanol–water partition coefficient (Wildman–Crippen LogP) is -0.218. The Hall–Kier alpha value is -4.61. The molecule has 0 bridgehead atoms. The maximum atomic E-state index is 9.20. The van der Waals surface area contributed by atoms with Crippen molar-refractivity contribution < 1.29 is 26.8 Å². The summed E-state index contributed by atoms with van der Waals surface area (Å²) in [7, 11) is 2.02. The van der Waals surface area contributed by atoms with Crippen LogP contribution >= 0.6 is 0 Å². The number of allylic oxidation sites excluding steroid dienone is 2. The molecule has 11 nitrogen and oxygen atoms in total. The fraction of sp³-hybridized carbons (Fsp3) is 0.214. The van der Waals surface area contributed by atoms with Crippen LogP contribution in [-0.2, 0) is 13.6 Å². The van der Waals surface area contributed by atoms with E-state index in [0.29, 0.717) is 28.7 Å². The standard InChI is InChI=1S/C28H32N9O2.ClH/c1-35-13-14-36(19-35)11-4-10-31-20-6-8-21(9-7-20)32-24-18-25(23(30)17-22(24)29)33-27-26-5-2-3-12-37(26)34-28(27)39-16-15-38;/h2-3,5-9,12-14,17-19,29,31-32,38H,4,10-11,15-16,30H2,1H3;1H/q+1;/p-1/b29-22?,33-25+;. The Bertz CT molecular complexity index is 1570. The van der Waals surface area contributed by atoms with Gasteiger partial charge in [-0.1, -0.05) is 6.07 Å². The Morgan fingerprint density at radius 3 is 2.67 bits per heavy atom. The summed E-state index contributed by atoms with van der Waals surface area (Å²) in [5.41, 5.74) is 11.0. The molecule has 3 heterocycles. The summed E-state index contributed by atoms with van der Waals surface area (Å²) in [4.78, 5) is 4.75. The molecule has 0 saturated carbocycles. The average molecular weight is 562 g/mol. The number of nitrogens with one attached hydrogen (secondary N) is 3. The van der Waals surface area contributed by atoms with E-state index in [-0.39, 0.29) is 31.3 Å². The molecule has 0 spiro atoms. The average Bonchev–Trinajstić information content (AvgIpc) is 3.51. The Kier molecular flexibility index (Phi) is 9.20. The van der Waals surface area contributed by atoms with E-state index in [1.54, 1.807) is 22.9 Å². The maximum Gasteiger partial charge on any atom is 0.260 e. The van der Waals surface area contributed by atoms with Crippen LogP contribution in [-0.4, -0.2) is 50.5 Å². The van der Waals surface area contributed by atoms with Crippen LogP contribution in [0.25, 0.3) is 5.52 Å². The number of hydrogen-bond acceptors (Lipinski definition) is 8. The van der Waals surface area contributed by atoms with Crippen molar-refractivity contribution in [1.82, 2.24) is 14.2 Å². The lowest BCUT2D eigenvalue weighted by Gasteiger charge is -2.17. The number of rotatable bonds is 11. The van der Waals surface area contributed by atoms with Crippen LogP contribution in [0, 0.1) is 5.41 Å². The molecular weight excluding hydrogens is 530 g/mol. The molecule has 0 fully saturated rings. The number of imidazole rings is 1. The molecule has 208 valence electrons. The van der Waals surface area contributed by atoms with Gasteiger partial charge in [0.05, 0.1) is 48.5 Å². The Morgan fingerprint density at radius 2 is 1.93 bits per heavy atom. The van der Waals surface area contributed by atoms with Gasteiger partial charge in [0, 0.05) is 30.5 Å². The molecule has 1 aliphatic rings. The van der Waals surface area contributed by atoms with Gasteiger partial charge in [-0.3, -0.25) is 5.41 Å². The third kappa shape index (κ3) is 6.68. The number of halogens is 1. The van der Waals surface area contributed by atoms with Gasteiger partial charge in [-0.2, -0.15) is 0 Å². The minimum Gasteiger partial charge on any atom is -1.00 e. The van der Waals surface area contributed by atoms with Gasteiger partial charge in [-0.15, -0.1) is 5.10 Å². The molecule has 0 amide bonds. The number of fused-ring (bicyclic) bond motifs is 1. The Labute approximate surface area is 238 Å². The molecule has 3 aromatic heterocycles. The third-order valence-electron chi connectivity index (χ3n) is 6.12. The smallest absolute Gasteiger partial charge is 0.260 e. The highest BCUT2D eigenvalue weighted by molar-refractivity contribution is 6.24. The maximum absolute atomic E-state index is 9.20. The molecule has 40 heavy (non-hydrogen) atoms. The van der Waals surface area contributed by atoms with E-state index in [2.05, 4.69) is 32.8 Å². The van der Waals surface area contributed by atoms with Gasteiger partial charge in [0.25, 0.3) is 5.88 Å². The van der Waals surface area contributed by atoms with Crippen molar-refractivity contribution in [2.24, 2.45) is 17.8 Å². The SMILES string of the molecule is C[n+]1ccn(CCCNc2ccc(NC3=C/C(=N\c4c(OCCO)nn5ccccc45)C(N)=CC3=N)cc2)c1.[Cl-]. The number of aliphatic hydroxyl groups excluding tert-OH is 1. The van der Waals surface area contributed by atoms with Gasteiger partial charge >= 0.3 is 0 Å². The number of ether oxygens (including phenoxy) is 1. The van der Waals surface area contributed by atoms with Crippen LogP contribution < -0.4 is 38.1 Å². The highest BCUT2D eigenvalue weighted by atomic mass is 35.5. The number of aliphatic hydroxyl groups is 1. The zero-order valence-corrected chi connectivity index (χ0v) is 22.8. The van der Waals surface area contributed by atoms with Crippen LogP contribution in [0.5, 0.6) is 5.88 Å². The van der Waals surface area contributed by atoms with Gasteiger partial charge in [-0.25, -0.2) is 18.6 Å². The normalized spacial score (nSPS) is 14.1. The minimum atomic E-state index is -0.141. The summed E-state index contributed by atoms with van der Waals surface area (Å²) in [5, 5.41) is 28.8. The fourth-order valence-electron chi connectivity index (χ4n) is 4.19. The van der Waals surface area contributed by atoms with E-state index >= 15 is 0 Å². The van der Waals surface area contributed by atoms with Gasteiger partial charge in [0.15, 0.2) is 5.69 Å². The molecule has 5 rings (SSSR count). The van der Waals surface area contributed by atoms with Gasteiger partial charge in [0.2, 0.25) is 6.33 Å². The van der Waals surface area contributed by atoms with E-state index in [4.69, 9.17) is 20.9 Å². The first-order chi connectivity index (χ1) is 19.0. The highest BCUT2D eigenvalue weighted by Gasteiger charge is 2.19. The first kappa shape index (κ1) is 28.4. The number of anilines is 2. The first-order valence-corrected chi connectivity index (χ1v) is 12.7. The van der Waals surface area contributed by atoms with Crippen molar-refractivity contribution in [3.8, 4) is 5.88 Å². The highest BCUT2D eigenvalue weighted by Crippen LogP contribution is 2.33. The topological polar surface area (TPSA) is 142 Å². The molecule has 1 aliphatic carbocycles. The number of aromatic nitrogens is 4. The van der Waals surface area contributed by atoms with E-state index in [0.717, 1.165) is 36.4 Å². The molecule has 6 N–H and O–H groups in total. The number of nitrogens with zero attached hydrogens (tertiary/aromatic N) is 5. The van der Waals surface area contributed by atoms with Gasteiger partial charge in [-0.05, 0) is 48.6 Å². The second-order valence-corrected chi connectivity index (χ2v) is 9.12. The molecule has 12 heteroatoms. The Balaban J connectivity index is 0.00000370. The van der Waals surface area contributed by atoms with Crippen LogP contribution in [0.4, 0.5) is 17.1 Å². The summed E-state index contributed by atoms with van der Waals surface area (Å²) >= 11 is 0. The van der Waals surface area contributed by atoms with E-state index in [9.17, 15) is 5.11 Å². The molecule has 0 aliphatic heterocycles. The van der Waals surface area contributed by atoms with Crippen molar-refractivity contribution in [1.29, 1.82) is 5.41 Å². The van der Waals surface area contributed by atoms with Gasteiger partial charge in [0.1, 0.15) is 19.0 Å². The zero-order valence-electron chi connectivity index (χ0n) is 22.1. The monoisotopic (exact) mass is 561 g/mol. The molecule has 1 aromatic carbocycles. The summed E-state index contributed by atoms with van der Waals surface area (Å²) in [6.45, 7) is 1.77. The largest absolute Gasteiger partial charge is 1.00 e. The molecule has 4 aromatic rings. The van der Waals surface area contributed by atoms with Crippen LogP contribution in [0.2, 0.25) is 0 Å². The molecule has 0 unspecified atom stereocenters. The Morgan fingerprint density at radius 1 is 1.12 bits per heavy atom. The van der Waals surface area contributed by atoms with Crippen LogP contribution in [0.1, 0.15) is 6.42 Å². The molecule has 0 radical (unpaired) electrons. The van der Waals surface area contributed by atoms with Crippen molar-refractivity contribution in [3.63, 3.8) is 0 Å². The summed E-state index contributed by atoms with van der Waals surface area (Å²) in [6.07, 6.45) is 12.3. The third-order valence-corrected chi connectivity index (χ3v) is 6.12. The summed E-state index contributed by atoms with van der Waals surface area (Å²) in [5.74, 6) is 0.296. The summed E-state index contributed by atoms with van der Waals surface area (Å²) in [6, 6.07) is 13.6. The second-order valence-electron chi connectivity index (χ2n) is 9.12. The van der Waals surface area contributed by atoms with Crippen molar-refractivity contribution in [3.05, 3.63) is 90.9 Å².